The van der Waals surface area contributed by atoms with E-state index in [1.165, 1.54) is 18.2 Å². The first kappa shape index (κ1) is 17.5. The average molecular weight is 322 g/mol. The fraction of sp³-hybridized carbons (Fsp3) is 0.190. The number of aromatic hydroxyl groups is 1. The molecule has 0 saturated heterocycles. The predicted octanol–water partition coefficient (Wildman–Crippen LogP) is 4.76. The summed E-state index contributed by atoms with van der Waals surface area (Å²) >= 11 is 0. The number of methoxy groups -OCH3 is 1. The van der Waals surface area contributed by atoms with E-state index in [4.69, 9.17) is 4.74 Å². The predicted molar refractivity (Wildman–Crippen MR) is 97.7 cm³/mol. The Balaban J connectivity index is 2.33. The van der Waals surface area contributed by atoms with E-state index < -0.39 is 0 Å². The first-order chi connectivity index (χ1) is 11.4. The minimum Gasteiger partial charge on any atom is -0.508 e. The third-order valence-corrected chi connectivity index (χ3v) is 4.05. The van der Waals surface area contributed by atoms with Crippen LogP contribution >= 0.6 is 0 Å². The largest absolute Gasteiger partial charge is 0.508 e. The van der Waals surface area contributed by atoms with E-state index >= 15 is 0 Å². The molecule has 0 aliphatic heterocycles. The second-order valence-electron chi connectivity index (χ2n) is 6.13. The van der Waals surface area contributed by atoms with Gasteiger partial charge in [-0.2, -0.15) is 0 Å². The monoisotopic (exact) mass is 322 g/mol. The maximum atomic E-state index is 12.2. The third kappa shape index (κ3) is 3.93. The van der Waals surface area contributed by atoms with Gasteiger partial charge in [-0.25, -0.2) is 0 Å². The summed E-state index contributed by atoms with van der Waals surface area (Å²) < 4.78 is 5.38. The second kappa shape index (κ2) is 7.18. The maximum absolute atomic E-state index is 12.2. The van der Waals surface area contributed by atoms with Crippen LogP contribution < -0.4 is 4.74 Å². The van der Waals surface area contributed by atoms with Crippen LogP contribution in [0, 0.1) is 0 Å². The van der Waals surface area contributed by atoms with Gasteiger partial charge in [0.1, 0.15) is 11.5 Å². The molecule has 0 saturated carbocycles. The van der Waals surface area contributed by atoms with Crippen molar-refractivity contribution in [2.45, 2.75) is 19.3 Å². The Labute approximate surface area is 142 Å². The van der Waals surface area contributed by atoms with Crippen molar-refractivity contribution in [2.24, 2.45) is 0 Å². The number of phenols is 1. The number of ether oxygens (including phenoxy) is 1. The molecule has 0 aromatic heterocycles. The van der Waals surface area contributed by atoms with E-state index in [1.54, 1.807) is 25.3 Å². The molecule has 3 heteroatoms. The lowest BCUT2D eigenvalue weighted by atomic mass is 9.84. The van der Waals surface area contributed by atoms with Crippen LogP contribution in [0.15, 0.2) is 61.2 Å². The minimum absolute atomic E-state index is 0.134. The van der Waals surface area contributed by atoms with Gasteiger partial charge in [0.25, 0.3) is 0 Å². The number of hydrogen-bond acceptors (Lipinski definition) is 3. The van der Waals surface area contributed by atoms with Gasteiger partial charge in [-0.05, 0) is 54.1 Å². The van der Waals surface area contributed by atoms with Crippen LogP contribution in [-0.2, 0) is 5.41 Å². The highest BCUT2D eigenvalue weighted by atomic mass is 16.5. The average Bonchev–Trinajstić information content (AvgIpc) is 2.59. The quantitative estimate of drug-likeness (QED) is 0.474. The molecular weight excluding hydrogens is 300 g/mol. The molecule has 0 fully saturated rings. The molecule has 124 valence electrons. The second-order valence-corrected chi connectivity index (χ2v) is 6.13. The van der Waals surface area contributed by atoms with E-state index in [0.717, 1.165) is 11.1 Å². The first-order valence-corrected chi connectivity index (χ1v) is 7.71. The lowest BCUT2D eigenvalue weighted by molar-refractivity contribution is 0.104. The van der Waals surface area contributed by atoms with E-state index in [-0.39, 0.29) is 16.9 Å². The molecule has 2 aromatic carbocycles. The molecule has 2 aromatic rings. The van der Waals surface area contributed by atoms with Crippen molar-refractivity contribution in [1.82, 2.24) is 0 Å². The fourth-order valence-corrected chi connectivity index (χ4v) is 2.27. The molecule has 1 N–H and O–H groups in total. The highest BCUT2D eigenvalue weighted by Crippen LogP contribution is 2.30. The molecule has 0 bridgehead atoms. The van der Waals surface area contributed by atoms with Crippen LogP contribution in [0.25, 0.3) is 6.08 Å². The molecule has 0 aliphatic carbocycles. The molecule has 3 nitrogen and oxygen atoms in total. The highest BCUT2D eigenvalue weighted by Gasteiger charge is 2.17. The summed E-state index contributed by atoms with van der Waals surface area (Å²) in [7, 11) is 1.60. The molecule has 0 aliphatic rings. The smallest absolute Gasteiger partial charge is 0.185 e. The van der Waals surface area contributed by atoms with Crippen molar-refractivity contribution < 1.29 is 14.6 Å². The van der Waals surface area contributed by atoms with E-state index in [2.05, 4.69) is 20.4 Å². The van der Waals surface area contributed by atoms with Crippen molar-refractivity contribution in [1.29, 1.82) is 0 Å². The zero-order valence-electron chi connectivity index (χ0n) is 14.2. The highest BCUT2D eigenvalue weighted by molar-refractivity contribution is 6.07. The van der Waals surface area contributed by atoms with E-state index in [9.17, 15) is 9.90 Å². The van der Waals surface area contributed by atoms with Crippen molar-refractivity contribution >= 4 is 11.9 Å². The number of rotatable bonds is 6. The van der Waals surface area contributed by atoms with Gasteiger partial charge in [0.15, 0.2) is 5.78 Å². The summed E-state index contributed by atoms with van der Waals surface area (Å²) in [4.78, 5) is 12.2. The summed E-state index contributed by atoms with van der Waals surface area (Å²) in [5.74, 6) is 0.704. The van der Waals surface area contributed by atoms with Gasteiger partial charge in [0.05, 0.1) is 7.11 Å². The Morgan fingerprint density at radius 3 is 2.42 bits per heavy atom. The molecule has 0 unspecified atom stereocenters. The van der Waals surface area contributed by atoms with Crippen molar-refractivity contribution in [3.63, 3.8) is 0 Å². The molecule has 24 heavy (non-hydrogen) atoms. The summed E-state index contributed by atoms with van der Waals surface area (Å²) in [6, 6.07) is 12.1. The van der Waals surface area contributed by atoms with E-state index in [0.29, 0.717) is 11.3 Å². The van der Waals surface area contributed by atoms with Gasteiger partial charge in [-0.3, -0.25) is 4.79 Å². The normalized spacial score (nSPS) is 11.5. The Kier molecular flexibility index (Phi) is 5.24. The first-order valence-electron chi connectivity index (χ1n) is 7.71. The summed E-state index contributed by atoms with van der Waals surface area (Å²) in [6.45, 7) is 8.04. The number of allylic oxidation sites excluding steroid dienone is 2. The number of benzene rings is 2. The summed E-state index contributed by atoms with van der Waals surface area (Å²) in [6.07, 6.45) is 5.15. The van der Waals surface area contributed by atoms with Gasteiger partial charge < -0.3 is 9.84 Å². The number of carbonyl (C=O) groups is 1. The van der Waals surface area contributed by atoms with Gasteiger partial charge in [-0.1, -0.05) is 26.0 Å². The Hall–Kier alpha value is -2.81. The molecule has 0 atom stereocenters. The van der Waals surface area contributed by atoms with E-state index in [1.807, 2.05) is 24.3 Å². The third-order valence-electron chi connectivity index (χ3n) is 4.05. The van der Waals surface area contributed by atoms with Crippen LogP contribution in [0.3, 0.4) is 0 Å². The minimum atomic E-state index is -0.171. The van der Waals surface area contributed by atoms with Crippen LogP contribution in [-0.4, -0.2) is 18.0 Å². The van der Waals surface area contributed by atoms with Crippen LogP contribution in [0.1, 0.15) is 35.3 Å². The van der Waals surface area contributed by atoms with Crippen LogP contribution in [0.5, 0.6) is 11.5 Å². The number of hydrogen-bond donors (Lipinski definition) is 1. The Bertz CT molecular complexity index is 768. The molecule has 0 radical (unpaired) electrons. The SMILES string of the molecule is C=CC(C)(C)c1ccc(OC)c(C=CC(=O)c2ccc(O)cc2)c1. The molecular formula is C21H22O3. The van der Waals surface area contributed by atoms with Crippen molar-refractivity contribution in [3.05, 3.63) is 77.9 Å². The molecule has 2 rings (SSSR count). The fourth-order valence-electron chi connectivity index (χ4n) is 2.27. The Morgan fingerprint density at radius 2 is 1.83 bits per heavy atom. The zero-order chi connectivity index (χ0) is 17.7. The summed E-state index contributed by atoms with van der Waals surface area (Å²) in [5.41, 5.74) is 2.27. The van der Waals surface area contributed by atoms with Crippen LogP contribution in [0.2, 0.25) is 0 Å². The molecule has 0 heterocycles. The molecule has 0 spiro atoms. The number of ketones is 1. The van der Waals surface area contributed by atoms with Gasteiger partial charge in [0, 0.05) is 16.5 Å². The molecule has 0 amide bonds. The number of carbonyl (C=O) groups excluding carboxylic acids is 1. The lowest BCUT2D eigenvalue weighted by Gasteiger charge is -2.21. The van der Waals surface area contributed by atoms with Crippen LogP contribution in [0.4, 0.5) is 0 Å². The zero-order valence-corrected chi connectivity index (χ0v) is 14.2. The van der Waals surface area contributed by atoms with Gasteiger partial charge in [-0.15, -0.1) is 6.58 Å². The maximum Gasteiger partial charge on any atom is 0.185 e. The topological polar surface area (TPSA) is 46.5 Å². The van der Waals surface area contributed by atoms with Gasteiger partial charge in [0.2, 0.25) is 0 Å². The summed E-state index contributed by atoms with van der Waals surface area (Å²) in [5, 5.41) is 9.29. The number of phenolic OH excluding ortho intramolecular Hbond substituents is 1. The standard InChI is InChI=1S/C21H22O3/c1-5-21(2,3)17-9-13-20(24-4)16(14-17)8-12-19(23)15-6-10-18(22)11-7-15/h5-14,22H,1H2,2-4H3. The van der Waals surface area contributed by atoms with Crippen molar-refractivity contribution in [3.8, 4) is 11.5 Å². The van der Waals surface area contributed by atoms with Crippen molar-refractivity contribution in [2.75, 3.05) is 7.11 Å². The van der Waals surface area contributed by atoms with Gasteiger partial charge >= 0.3 is 0 Å². The lowest BCUT2D eigenvalue weighted by Crippen LogP contribution is -2.13. The Morgan fingerprint density at radius 1 is 1.17 bits per heavy atom.